The molecule has 0 bridgehead atoms. The van der Waals surface area contributed by atoms with Crippen LogP contribution in [0.1, 0.15) is 25.8 Å². The molecule has 0 saturated carbocycles. The fraction of sp³-hybridized carbons (Fsp3) is 0.429. The van der Waals surface area contributed by atoms with Crippen LogP contribution in [0.4, 0.5) is 0 Å². The number of amides is 1. The average Bonchev–Trinajstić information content (AvgIpc) is 2.36. The third-order valence-corrected chi connectivity index (χ3v) is 2.39. The van der Waals surface area contributed by atoms with Gasteiger partial charge in [0.2, 0.25) is 5.91 Å². The zero-order chi connectivity index (χ0) is 13.4. The van der Waals surface area contributed by atoms with E-state index in [0.717, 1.165) is 12.0 Å². The molecule has 0 spiro atoms. The van der Waals surface area contributed by atoms with Crippen LogP contribution in [-0.4, -0.2) is 24.5 Å². The van der Waals surface area contributed by atoms with Crippen LogP contribution in [0.15, 0.2) is 30.3 Å². The minimum absolute atomic E-state index is 0.232. The first-order valence-corrected chi connectivity index (χ1v) is 6.11. The summed E-state index contributed by atoms with van der Waals surface area (Å²) in [6, 6.07) is 8.93. The molecule has 0 aromatic heterocycles. The molecule has 18 heavy (non-hydrogen) atoms. The molecule has 0 saturated heterocycles. The lowest BCUT2D eigenvalue weighted by Gasteiger charge is -2.16. The van der Waals surface area contributed by atoms with Gasteiger partial charge in [-0.2, -0.15) is 0 Å². The number of benzene rings is 1. The Hall–Kier alpha value is -1.84. The number of rotatable bonds is 6. The Labute approximate surface area is 107 Å². The molecule has 0 radical (unpaired) electrons. The Morgan fingerprint density at radius 3 is 2.50 bits per heavy atom. The summed E-state index contributed by atoms with van der Waals surface area (Å²) >= 11 is 0. The van der Waals surface area contributed by atoms with Gasteiger partial charge in [-0.15, -0.1) is 0 Å². The Morgan fingerprint density at radius 1 is 1.28 bits per heavy atom. The second-order valence-corrected chi connectivity index (χ2v) is 4.11. The largest absolute Gasteiger partial charge is 0.464 e. The van der Waals surface area contributed by atoms with Gasteiger partial charge in [-0.25, -0.2) is 4.79 Å². The van der Waals surface area contributed by atoms with Gasteiger partial charge in [0, 0.05) is 13.3 Å². The van der Waals surface area contributed by atoms with Crippen LogP contribution in [-0.2, 0) is 20.7 Å². The maximum atomic E-state index is 11.8. The lowest BCUT2D eigenvalue weighted by atomic mass is 10.1. The molecule has 0 fully saturated rings. The van der Waals surface area contributed by atoms with Crippen molar-refractivity contribution in [3.63, 3.8) is 0 Å². The number of nitrogens with one attached hydrogen (secondary N) is 1. The normalized spacial score (nSPS) is 11.7. The predicted octanol–water partition coefficient (Wildman–Crippen LogP) is 1.69. The summed E-state index contributed by atoms with van der Waals surface area (Å²) in [6.45, 7) is 3.70. The van der Waals surface area contributed by atoms with Crippen LogP contribution in [0.5, 0.6) is 0 Å². The van der Waals surface area contributed by atoms with E-state index in [2.05, 4.69) is 5.32 Å². The molecule has 0 aliphatic rings. The number of hydrogen-bond acceptors (Lipinski definition) is 3. The fourth-order valence-electron chi connectivity index (χ4n) is 1.59. The molecule has 0 unspecified atom stereocenters. The van der Waals surface area contributed by atoms with E-state index in [1.165, 1.54) is 6.92 Å². The molecule has 1 rings (SSSR count). The molecule has 1 aromatic rings. The zero-order valence-corrected chi connectivity index (χ0v) is 10.8. The number of esters is 1. The Bertz CT molecular complexity index is 389. The third-order valence-electron chi connectivity index (χ3n) is 2.39. The zero-order valence-electron chi connectivity index (χ0n) is 10.8. The fourth-order valence-corrected chi connectivity index (χ4v) is 1.59. The molecule has 4 heteroatoms. The van der Waals surface area contributed by atoms with Crippen LogP contribution in [0.25, 0.3) is 0 Å². The monoisotopic (exact) mass is 249 g/mol. The number of hydrogen-bond donors (Lipinski definition) is 1. The topological polar surface area (TPSA) is 55.4 Å². The first kappa shape index (κ1) is 14.2. The van der Waals surface area contributed by atoms with Crippen LogP contribution >= 0.6 is 0 Å². The Morgan fingerprint density at radius 2 is 1.94 bits per heavy atom. The minimum atomic E-state index is -0.614. The van der Waals surface area contributed by atoms with E-state index >= 15 is 0 Å². The van der Waals surface area contributed by atoms with Gasteiger partial charge < -0.3 is 10.1 Å². The van der Waals surface area contributed by atoms with E-state index in [9.17, 15) is 9.59 Å². The highest BCUT2D eigenvalue weighted by molar-refractivity contribution is 5.83. The van der Waals surface area contributed by atoms with Gasteiger partial charge in [0.05, 0.1) is 6.61 Å². The highest BCUT2D eigenvalue weighted by atomic mass is 16.5. The quantitative estimate of drug-likeness (QED) is 0.780. The number of carbonyl (C=O) groups is 2. The summed E-state index contributed by atoms with van der Waals surface area (Å²) in [4.78, 5) is 22.9. The number of ether oxygens (including phenoxy) is 1. The van der Waals surface area contributed by atoms with Gasteiger partial charge in [-0.05, 0) is 12.0 Å². The lowest BCUT2D eigenvalue weighted by Crippen LogP contribution is -2.42. The third kappa shape index (κ3) is 4.99. The summed E-state index contributed by atoms with van der Waals surface area (Å²) in [5.74, 6) is -0.611. The summed E-state index contributed by atoms with van der Waals surface area (Å²) in [5.41, 5.74) is 0.990. The van der Waals surface area contributed by atoms with Crippen molar-refractivity contribution in [3.05, 3.63) is 35.9 Å². The second kappa shape index (κ2) is 7.48. The van der Waals surface area contributed by atoms with Gasteiger partial charge in [-0.1, -0.05) is 37.3 Å². The number of carbonyl (C=O) groups excluding carboxylic acids is 2. The maximum Gasteiger partial charge on any atom is 0.328 e. The highest BCUT2D eigenvalue weighted by Gasteiger charge is 2.21. The van der Waals surface area contributed by atoms with Crippen molar-refractivity contribution in [2.75, 3.05) is 6.61 Å². The molecular weight excluding hydrogens is 230 g/mol. The van der Waals surface area contributed by atoms with Crippen molar-refractivity contribution in [1.29, 1.82) is 0 Å². The molecule has 1 amide bonds. The summed E-state index contributed by atoms with van der Waals surface area (Å²) < 4.78 is 5.07. The van der Waals surface area contributed by atoms with Gasteiger partial charge in [-0.3, -0.25) is 4.79 Å². The van der Waals surface area contributed by atoms with E-state index in [-0.39, 0.29) is 11.9 Å². The van der Waals surface area contributed by atoms with Crippen LogP contribution in [0.2, 0.25) is 0 Å². The molecule has 1 atom stereocenters. The smallest absolute Gasteiger partial charge is 0.328 e. The summed E-state index contributed by atoms with van der Waals surface area (Å²) in [6.07, 6.45) is 1.22. The molecule has 0 aliphatic carbocycles. The van der Waals surface area contributed by atoms with Crippen LogP contribution in [0, 0.1) is 0 Å². The van der Waals surface area contributed by atoms with Crippen molar-refractivity contribution in [1.82, 2.24) is 5.32 Å². The minimum Gasteiger partial charge on any atom is -0.464 e. The van der Waals surface area contributed by atoms with Crippen molar-refractivity contribution in [2.45, 2.75) is 32.7 Å². The molecule has 1 N–H and O–H groups in total. The van der Waals surface area contributed by atoms with Crippen LogP contribution < -0.4 is 5.32 Å². The first-order valence-electron chi connectivity index (χ1n) is 6.11. The van der Waals surface area contributed by atoms with E-state index in [1.54, 1.807) is 0 Å². The molecule has 0 aliphatic heterocycles. The van der Waals surface area contributed by atoms with Crippen molar-refractivity contribution in [3.8, 4) is 0 Å². The van der Waals surface area contributed by atoms with Gasteiger partial charge >= 0.3 is 5.97 Å². The second-order valence-electron chi connectivity index (χ2n) is 4.11. The SMILES string of the molecule is CCCOC(=O)[C@H](Cc1ccccc1)NC(C)=O. The van der Waals surface area contributed by atoms with Crippen molar-refractivity contribution in [2.24, 2.45) is 0 Å². The van der Waals surface area contributed by atoms with Crippen molar-refractivity contribution >= 4 is 11.9 Å². The predicted molar refractivity (Wildman–Crippen MR) is 69.0 cm³/mol. The Balaban J connectivity index is 2.66. The van der Waals surface area contributed by atoms with Gasteiger partial charge in [0.1, 0.15) is 6.04 Å². The van der Waals surface area contributed by atoms with Crippen LogP contribution in [0.3, 0.4) is 0 Å². The Kier molecular flexibility index (Phi) is 5.91. The van der Waals surface area contributed by atoms with E-state index in [4.69, 9.17) is 4.74 Å². The van der Waals surface area contributed by atoms with Gasteiger partial charge in [0.25, 0.3) is 0 Å². The molecule has 4 nitrogen and oxygen atoms in total. The van der Waals surface area contributed by atoms with E-state index in [0.29, 0.717) is 13.0 Å². The molecule has 1 aromatic carbocycles. The lowest BCUT2D eigenvalue weighted by molar-refractivity contribution is -0.147. The molecule has 98 valence electrons. The molecular formula is C14H19NO3. The van der Waals surface area contributed by atoms with E-state index in [1.807, 2.05) is 37.3 Å². The van der Waals surface area contributed by atoms with E-state index < -0.39 is 6.04 Å². The molecule has 0 heterocycles. The first-order chi connectivity index (χ1) is 8.63. The standard InChI is InChI=1S/C14H19NO3/c1-3-9-18-14(17)13(15-11(2)16)10-12-7-5-4-6-8-12/h4-8,13H,3,9-10H2,1-2H3,(H,15,16)/t13-/m0/s1. The van der Waals surface area contributed by atoms with Gasteiger partial charge in [0.15, 0.2) is 0 Å². The summed E-state index contributed by atoms with van der Waals surface area (Å²) in [7, 11) is 0. The summed E-state index contributed by atoms with van der Waals surface area (Å²) in [5, 5.41) is 2.62. The maximum absolute atomic E-state index is 11.8. The van der Waals surface area contributed by atoms with Crippen molar-refractivity contribution < 1.29 is 14.3 Å². The average molecular weight is 249 g/mol. The highest BCUT2D eigenvalue weighted by Crippen LogP contribution is 2.05.